The van der Waals surface area contributed by atoms with Gasteiger partial charge in [-0.1, -0.05) is 76.8 Å². The Labute approximate surface area is 225 Å². The second-order valence-corrected chi connectivity index (χ2v) is 8.70. The van der Waals surface area contributed by atoms with Gasteiger partial charge in [-0.3, -0.25) is 0 Å². The van der Waals surface area contributed by atoms with Gasteiger partial charge >= 0.3 is 51.4 Å². The third kappa shape index (κ3) is 6.30. The molecule has 0 aliphatic heterocycles. The summed E-state index contributed by atoms with van der Waals surface area (Å²) in [6, 6.07) is 0. The van der Waals surface area contributed by atoms with Crippen LogP contribution in [0.1, 0.15) is 80.1 Å². The first kappa shape index (κ1) is 29.6. The Morgan fingerprint density at radius 2 is 1.79 bits per heavy atom. The topological polar surface area (TPSA) is 26.0 Å². The zero-order valence-electron chi connectivity index (χ0n) is 20.8. The van der Waals surface area contributed by atoms with Crippen molar-refractivity contribution in [3.63, 3.8) is 0 Å². The Hall–Kier alpha value is 0.556. The molecule has 0 aromatic rings. The molecule has 0 radical (unpaired) electrons. The summed E-state index contributed by atoms with van der Waals surface area (Å²) < 4.78 is 0. The number of hydrogen-bond acceptors (Lipinski definition) is 1. The van der Waals surface area contributed by atoms with Crippen LogP contribution in [0.25, 0.3) is 0 Å². The Morgan fingerprint density at radius 3 is 2.34 bits per heavy atom. The molecule has 2 N–H and O–H groups in total. The molecule has 160 valence electrons. The summed E-state index contributed by atoms with van der Waals surface area (Å²) in [7, 11) is 1.50. The van der Waals surface area contributed by atoms with Gasteiger partial charge in [0.15, 0.2) is 0 Å². The molecule has 3 saturated carbocycles. The van der Waals surface area contributed by atoms with Crippen molar-refractivity contribution in [2.45, 2.75) is 80.1 Å². The fraction of sp³-hybridized carbons (Fsp3) is 0.667. The molecule has 5 atom stereocenters. The van der Waals surface area contributed by atoms with Crippen molar-refractivity contribution in [1.29, 1.82) is 0 Å². The summed E-state index contributed by atoms with van der Waals surface area (Å²) >= 11 is 0. The quantitative estimate of drug-likeness (QED) is 0.297. The van der Waals surface area contributed by atoms with Gasteiger partial charge in [-0.15, -0.1) is 18.1 Å². The van der Waals surface area contributed by atoms with Crippen LogP contribution in [0.4, 0.5) is 0 Å². The van der Waals surface area contributed by atoms with Gasteiger partial charge in [0.2, 0.25) is 0 Å². The van der Waals surface area contributed by atoms with Crippen molar-refractivity contribution in [1.82, 2.24) is 0 Å². The van der Waals surface area contributed by atoms with Gasteiger partial charge in [-0.2, -0.15) is 12.8 Å². The second-order valence-electron chi connectivity index (χ2n) is 8.70. The standard InChI is InChI=1S/C24H35.C2H6.CH5N.K/c1-7-9-19(8-2)21-14-17(4)24(6)13-12-20-11-10-16(3)18(5)23(20)22(24)15-21;2*1-2;/h7-9,16,21-23H,4-5,10-15H2,1-3,6H3;1-2H3;2H2,1H3;/q-1;;;+1/b9-7-,19-8+;;;. The summed E-state index contributed by atoms with van der Waals surface area (Å²) in [6.45, 7) is 22.4. The SMILES string of the molecule is C=C1C(C)CC[C-]2CCC3(C)C(=C)CC(C(/C=C\C)=C/C)CC3C12.CC.CN.[K+]. The molecule has 0 spiro atoms. The number of fused-ring (bicyclic) bond motifs is 3. The van der Waals surface area contributed by atoms with Crippen LogP contribution >= 0.6 is 0 Å². The van der Waals surface area contributed by atoms with Gasteiger partial charge in [0.1, 0.15) is 0 Å². The minimum absolute atomic E-state index is 0. The smallest absolute Gasteiger partial charge is 0.333 e. The molecule has 1 nitrogen and oxygen atoms in total. The van der Waals surface area contributed by atoms with Gasteiger partial charge in [-0.25, -0.2) is 0 Å². The number of allylic oxidation sites excluding steroid dienone is 6. The molecule has 2 heteroatoms. The molecule has 29 heavy (non-hydrogen) atoms. The Morgan fingerprint density at radius 1 is 1.17 bits per heavy atom. The van der Waals surface area contributed by atoms with Crippen LogP contribution in [-0.4, -0.2) is 7.05 Å². The maximum Gasteiger partial charge on any atom is 1.00 e. The van der Waals surface area contributed by atoms with Crippen molar-refractivity contribution in [3.8, 4) is 0 Å². The van der Waals surface area contributed by atoms with Crippen molar-refractivity contribution in [3.05, 3.63) is 54.0 Å². The molecule has 0 aromatic carbocycles. The first-order valence-corrected chi connectivity index (χ1v) is 11.5. The van der Waals surface area contributed by atoms with Gasteiger partial charge in [0, 0.05) is 0 Å². The summed E-state index contributed by atoms with van der Waals surface area (Å²) in [5.41, 5.74) is 9.34. The van der Waals surface area contributed by atoms with Crippen LogP contribution in [-0.2, 0) is 0 Å². The van der Waals surface area contributed by atoms with Crippen molar-refractivity contribution in [2.24, 2.45) is 34.8 Å². The molecular formula is C27H46KN. The van der Waals surface area contributed by atoms with Gasteiger partial charge in [0.05, 0.1) is 0 Å². The normalized spacial score (nSPS) is 34.7. The zero-order chi connectivity index (χ0) is 21.5. The third-order valence-corrected chi connectivity index (χ3v) is 7.56. The van der Waals surface area contributed by atoms with Crippen LogP contribution in [0.2, 0.25) is 0 Å². The van der Waals surface area contributed by atoms with E-state index in [1.165, 1.54) is 62.3 Å². The minimum Gasteiger partial charge on any atom is -0.333 e. The summed E-state index contributed by atoms with van der Waals surface area (Å²) in [5.74, 6) is 4.49. The average molecular weight is 424 g/mol. The molecule has 0 aromatic heterocycles. The second kappa shape index (κ2) is 13.9. The minimum atomic E-state index is 0. The molecule has 3 rings (SSSR count). The van der Waals surface area contributed by atoms with E-state index < -0.39 is 0 Å². The zero-order valence-corrected chi connectivity index (χ0v) is 23.9. The van der Waals surface area contributed by atoms with Crippen molar-refractivity contribution < 1.29 is 51.4 Å². The van der Waals surface area contributed by atoms with Crippen molar-refractivity contribution >= 4 is 0 Å². The van der Waals surface area contributed by atoms with Gasteiger partial charge in [0.25, 0.3) is 0 Å². The van der Waals surface area contributed by atoms with Crippen LogP contribution < -0.4 is 57.1 Å². The molecule has 0 bridgehead atoms. The van der Waals surface area contributed by atoms with E-state index in [4.69, 9.17) is 0 Å². The predicted octanol–water partition coefficient (Wildman–Crippen LogP) is 4.67. The molecule has 3 aliphatic carbocycles. The molecule has 5 unspecified atom stereocenters. The molecular weight excluding hydrogens is 377 g/mol. The number of hydrogen-bond donors (Lipinski definition) is 1. The first-order chi connectivity index (χ1) is 13.4. The van der Waals surface area contributed by atoms with Gasteiger partial charge < -0.3 is 11.7 Å². The van der Waals surface area contributed by atoms with E-state index in [-0.39, 0.29) is 51.4 Å². The molecule has 0 amide bonds. The van der Waals surface area contributed by atoms with Gasteiger partial charge in [-0.05, 0) is 56.6 Å². The maximum absolute atomic E-state index is 4.59. The van der Waals surface area contributed by atoms with Crippen LogP contribution in [0.3, 0.4) is 0 Å². The van der Waals surface area contributed by atoms with Crippen LogP contribution in [0, 0.1) is 35.0 Å². The fourth-order valence-electron chi connectivity index (χ4n) is 5.78. The van der Waals surface area contributed by atoms with E-state index in [0.29, 0.717) is 29.1 Å². The summed E-state index contributed by atoms with van der Waals surface area (Å²) in [4.78, 5) is 0. The van der Waals surface area contributed by atoms with E-state index in [2.05, 4.69) is 64.8 Å². The summed E-state index contributed by atoms with van der Waals surface area (Å²) in [6.07, 6.45) is 14.5. The maximum atomic E-state index is 4.59. The van der Waals surface area contributed by atoms with E-state index >= 15 is 0 Å². The molecule has 0 heterocycles. The predicted molar refractivity (Wildman–Crippen MR) is 127 cm³/mol. The van der Waals surface area contributed by atoms with Crippen LogP contribution in [0.5, 0.6) is 0 Å². The largest absolute Gasteiger partial charge is 1.00 e. The first-order valence-electron chi connectivity index (χ1n) is 11.5. The Kier molecular flexibility index (Phi) is 14.1. The Bertz CT molecular complexity index is 587. The molecule has 0 saturated heterocycles. The number of nitrogens with two attached hydrogens (primary N) is 1. The molecule has 3 aliphatic rings. The van der Waals surface area contributed by atoms with Crippen LogP contribution in [0.15, 0.2) is 48.1 Å². The average Bonchev–Trinajstić information content (AvgIpc) is 2.72. The number of rotatable bonds is 2. The Balaban J connectivity index is 0.00000148. The van der Waals surface area contributed by atoms with E-state index in [9.17, 15) is 0 Å². The van der Waals surface area contributed by atoms with E-state index in [0.717, 1.165) is 0 Å². The molecule has 3 fully saturated rings. The van der Waals surface area contributed by atoms with E-state index in [1.54, 1.807) is 0 Å². The third-order valence-electron chi connectivity index (χ3n) is 7.56. The fourth-order valence-corrected chi connectivity index (χ4v) is 5.78. The monoisotopic (exact) mass is 423 g/mol. The van der Waals surface area contributed by atoms with Crippen molar-refractivity contribution in [2.75, 3.05) is 7.05 Å². The summed E-state index contributed by atoms with van der Waals surface area (Å²) in [5, 5.41) is 0. The van der Waals surface area contributed by atoms with E-state index in [1.807, 2.05) is 19.8 Å².